The Bertz CT molecular complexity index is 171. The Morgan fingerprint density at radius 3 is 2.40 bits per heavy atom. The van der Waals surface area contributed by atoms with Crippen molar-refractivity contribution < 1.29 is 4.74 Å². The van der Waals surface area contributed by atoms with Gasteiger partial charge in [-0.05, 0) is 25.0 Å². The number of hydrogen-bond acceptors (Lipinski definition) is 2. The maximum atomic E-state index is 5.74. The Morgan fingerprint density at radius 2 is 1.87 bits per heavy atom. The fraction of sp³-hybridized carbons (Fsp3) is 0.846. The van der Waals surface area contributed by atoms with E-state index in [9.17, 15) is 0 Å². The van der Waals surface area contributed by atoms with E-state index in [1.807, 2.05) is 6.08 Å². The lowest BCUT2D eigenvalue weighted by Crippen LogP contribution is -2.28. The number of hydrogen-bond donors (Lipinski definition) is 1. The van der Waals surface area contributed by atoms with Crippen LogP contribution in [-0.4, -0.2) is 19.0 Å². The first kappa shape index (κ1) is 13.1. The molecule has 1 saturated carbocycles. The van der Waals surface area contributed by atoms with Crippen LogP contribution in [0, 0.1) is 5.41 Å². The van der Waals surface area contributed by atoms with Gasteiger partial charge in [-0.25, -0.2) is 0 Å². The molecule has 0 saturated heterocycles. The van der Waals surface area contributed by atoms with E-state index in [0.717, 1.165) is 25.4 Å². The third-order valence-electron chi connectivity index (χ3n) is 3.37. The molecule has 1 nitrogen and oxygen atoms in total. The summed E-state index contributed by atoms with van der Waals surface area (Å²) in [4.78, 5) is 0. The molecule has 0 N–H and O–H groups in total. The van der Waals surface area contributed by atoms with Crippen LogP contribution < -0.4 is 0 Å². The van der Waals surface area contributed by atoms with Crippen LogP contribution in [0.15, 0.2) is 12.7 Å². The molecule has 0 atom stereocenters. The average molecular weight is 228 g/mol. The smallest absolute Gasteiger partial charge is 0.0530 e. The highest BCUT2D eigenvalue weighted by molar-refractivity contribution is 7.80. The summed E-state index contributed by atoms with van der Waals surface area (Å²) in [6, 6.07) is 0. The molecule has 0 aliphatic heterocycles. The van der Waals surface area contributed by atoms with E-state index < -0.39 is 0 Å². The molecule has 0 amide bonds. The SMILES string of the molecule is C=CCCOCC1(CS)CCCCCC1. The van der Waals surface area contributed by atoms with Crippen LogP contribution >= 0.6 is 12.6 Å². The van der Waals surface area contributed by atoms with Gasteiger partial charge in [0.15, 0.2) is 0 Å². The van der Waals surface area contributed by atoms with Gasteiger partial charge in [0, 0.05) is 5.41 Å². The highest BCUT2D eigenvalue weighted by atomic mass is 32.1. The minimum absolute atomic E-state index is 0.362. The van der Waals surface area contributed by atoms with Crippen LogP contribution in [-0.2, 0) is 4.74 Å². The quantitative estimate of drug-likeness (QED) is 0.314. The van der Waals surface area contributed by atoms with Crippen molar-refractivity contribution in [1.82, 2.24) is 0 Å². The second kappa shape index (κ2) is 7.34. The molecule has 88 valence electrons. The molecule has 0 spiro atoms. The third kappa shape index (κ3) is 4.60. The Hall–Kier alpha value is 0.0500. The van der Waals surface area contributed by atoms with E-state index in [2.05, 4.69) is 19.2 Å². The molecule has 1 rings (SSSR count). The van der Waals surface area contributed by atoms with Crippen LogP contribution in [0.3, 0.4) is 0 Å². The van der Waals surface area contributed by atoms with Gasteiger partial charge >= 0.3 is 0 Å². The molecule has 0 bridgehead atoms. The Labute approximate surface area is 99.7 Å². The predicted octanol–water partition coefficient (Wildman–Crippen LogP) is 3.85. The van der Waals surface area contributed by atoms with Gasteiger partial charge in [-0.2, -0.15) is 12.6 Å². The molecule has 0 radical (unpaired) electrons. The van der Waals surface area contributed by atoms with Crippen LogP contribution in [0.2, 0.25) is 0 Å². The lowest BCUT2D eigenvalue weighted by Gasteiger charge is -2.30. The lowest BCUT2D eigenvalue weighted by molar-refractivity contribution is 0.0497. The summed E-state index contributed by atoms with van der Waals surface area (Å²) < 4.78 is 5.74. The van der Waals surface area contributed by atoms with Crippen molar-refractivity contribution in [3.63, 3.8) is 0 Å². The van der Waals surface area contributed by atoms with E-state index in [0.29, 0.717) is 5.41 Å². The first-order valence-electron chi connectivity index (χ1n) is 6.12. The first-order valence-corrected chi connectivity index (χ1v) is 6.76. The zero-order valence-corrected chi connectivity index (χ0v) is 10.6. The molecule has 0 aromatic rings. The molecular weight excluding hydrogens is 204 g/mol. The molecule has 0 aromatic heterocycles. The van der Waals surface area contributed by atoms with Crippen molar-refractivity contribution in [2.24, 2.45) is 5.41 Å². The molecule has 0 unspecified atom stereocenters. The second-order valence-electron chi connectivity index (χ2n) is 4.70. The molecule has 2 heteroatoms. The van der Waals surface area contributed by atoms with E-state index in [4.69, 9.17) is 4.74 Å². The highest BCUT2D eigenvalue weighted by Gasteiger charge is 2.29. The van der Waals surface area contributed by atoms with E-state index >= 15 is 0 Å². The summed E-state index contributed by atoms with van der Waals surface area (Å²) in [6.45, 7) is 5.41. The van der Waals surface area contributed by atoms with Crippen molar-refractivity contribution in [1.29, 1.82) is 0 Å². The third-order valence-corrected chi connectivity index (χ3v) is 4.05. The van der Waals surface area contributed by atoms with Gasteiger partial charge in [-0.1, -0.05) is 31.8 Å². The number of rotatable bonds is 6. The van der Waals surface area contributed by atoms with Gasteiger partial charge in [-0.15, -0.1) is 6.58 Å². The van der Waals surface area contributed by atoms with Gasteiger partial charge in [0.1, 0.15) is 0 Å². The second-order valence-corrected chi connectivity index (χ2v) is 5.02. The van der Waals surface area contributed by atoms with Crippen molar-refractivity contribution in [3.8, 4) is 0 Å². The maximum absolute atomic E-state index is 5.74. The van der Waals surface area contributed by atoms with Crippen LogP contribution in [0.5, 0.6) is 0 Å². The molecule has 0 heterocycles. The van der Waals surface area contributed by atoms with E-state index in [-0.39, 0.29) is 0 Å². The molecule has 1 aliphatic rings. The molecular formula is C13H24OS. The fourth-order valence-corrected chi connectivity index (χ4v) is 2.69. The largest absolute Gasteiger partial charge is 0.381 e. The van der Waals surface area contributed by atoms with Crippen LogP contribution in [0.25, 0.3) is 0 Å². The summed E-state index contributed by atoms with van der Waals surface area (Å²) in [7, 11) is 0. The monoisotopic (exact) mass is 228 g/mol. The van der Waals surface area contributed by atoms with E-state index in [1.165, 1.54) is 38.5 Å². The highest BCUT2D eigenvalue weighted by Crippen LogP contribution is 2.36. The van der Waals surface area contributed by atoms with Crippen molar-refractivity contribution >= 4 is 12.6 Å². The number of thiol groups is 1. The summed E-state index contributed by atoms with van der Waals surface area (Å²) in [5, 5.41) is 0. The Balaban J connectivity index is 2.32. The van der Waals surface area contributed by atoms with E-state index in [1.54, 1.807) is 0 Å². The topological polar surface area (TPSA) is 9.23 Å². The summed E-state index contributed by atoms with van der Waals surface area (Å²) >= 11 is 4.52. The molecule has 0 aromatic carbocycles. The van der Waals surface area contributed by atoms with Crippen LogP contribution in [0.1, 0.15) is 44.9 Å². The van der Waals surface area contributed by atoms with Crippen LogP contribution in [0.4, 0.5) is 0 Å². The normalized spacial score (nSPS) is 20.9. The van der Waals surface area contributed by atoms with Crippen molar-refractivity contribution in [2.45, 2.75) is 44.9 Å². The first-order chi connectivity index (χ1) is 7.33. The fourth-order valence-electron chi connectivity index (χ4n) is 2.28. The minimum atomic E-state index is 0.362. The van der Waals surface area contributed by atoms with Gasteiger partial charge in [-0.3, -0.25) is 0 Å². The maximum Gasteiger partial charge on any atom is 0.0530 e. The Kier molecular flexibility index (Phi) is 6.42. The lowest BCUT2D eigenvalue weighted by atomic mass is 9.83. The standard InChI is InChI=1S/C13H24OS/c1-2-3-10-14-11-13(12-15)8-6-4-5-7-9-13/h2,15H,1,3-12H2. The Morgan fingerprint density at radius 1 is 1.20 bits per heavy atom. The van der Waals surface area contributed by atoms with Gasteiger partial charge in [0.05, 0.1) is 13.2 Å². The average Bonchev–Trinajstić information content (AvgIpc) is 2.51. The van der Waals surface area contributed by atoms with Crippen molar-refractivity contribution in [2.75, 3.05) is 19.0 Å². The summed E-state index contributed by atoms with van der Waals surface area (Å²) in [6.07, 6.45) is 11.0. The predicted molar refractivity (Wildman–Crippen MR) is 69.6 cm³/mol. The number of ether oxygens (including phenoxy) is 1. The minimum Gasteiger partial charge on any atom is -0.381 e. The molecule has 15 heavy (non-hydrogen) atoms. The zero-order chi connectivity index (χ0) is 11.0. The zero-order valence-electron chi connectivity index (χ0n) is 9.71. The summed E-state index contributed by atoms with van der Waals surface area (Å²) in [5.74, 6) is 0.973. The van der Waals surface area contributed by atoms with Gasteiger partial charge in [0.25, 0.3) is 0 Å². The van der Waals surface area contributed by atoms with Crippen molar-refractivity contribution in [3.05, 3.63) is 12.7 Å². The van der Waals surface area contributed by atoms with Gasteiger partial charge in [0.2, 0.25) is 0 Å². The molecule has 1 fully saturated rings. The van der Waals surface area contributed by atoms with Gasteiger partial charge < -0.3 is 4.74 Å². The summed E-state index contributed by atoms with van der Waals surface area (Å²) in [5.41, 5.74) is 0.362. The molecule has 1 aliphatic carbocycles.